The van der Waals surface area contributed by atoms with Crippen molar-refractivity contribution in [3.63, 3.8) is 0 Å². The molecule has 4 nitrogen and oxygen atoms in total. The molecule has 0 aromatic heterocycles. The first kappa shape index (κ1) is 28.2. The number of phenols is 2. The van der Waals surface area contributed by atoms with Crippen LogP contribution in [0.5, 0.6) is 11.5 Å². The monoisotopic (exact) mass is 620 g/mol. The zero-order valence-corrected chi connectivity index (χ0v) is 26.6. The number of benzene rings is 2. The van der Waals surface area contributed by atoms with Crippen LogP contribution in [0.15, 0.2) is 40.9 Å². The number of nitrogens with one attached hydrogen (secondary N) is 1. The number of nitrogens with zero attached hydrogens (tertiary/aromatic N) is 1. The molecule has 0 spiro atoms. The molecule has 3 N–H and O–H groups in total. The van der Waals surface area contributed by atoms with Crippen molar-refractivity contribution < 1.29 is 10.2 Å². The summed E-state index contributed by atoms with van der Waals surface area (Å²) < 4.78 is 1.04. The van der Waals surface area contributed by atoms with Gasteiger partial charge in [-0.3, -0.25) is 4.90 Å². The zero-order valence-electron chi connectivity index (χ0n) is 25.0. The fourth-order valence-corrected chi connectivity index (χ4v) is 11.5. The maximum Gasteiger partial charge on any atom is 0.120 e. The Morgan fingerprint density at radius 3 is 1.78 bits per heavy atom. The van der Waals surface area contributed by atoms with E-state index in [0.717, 1.165) is 64.2 Å². The van der Waals surface area contributed by atoms with Crippen molar-refractivity contribution in [2.45, 2.75) is 108 Å². The Labute approximate surface area is 255 Å². The van der Waals surface area contributed by atoms with E-state index in [-0.39, 0.29) is 0 Å². The summed E-state index contributed by atoms with van der Waals surface area (Å²) in [6, 6.07) is 11.7. The second kappa shape index (κ2) is 10.9. The topological polar surface area (TPSA) is 55.7 Å². The van der Waals surface area contributed by atoms with E-state index < -0.39 is 0 Å². The normalized spacial score (nSPS) is 37.9. The minimum absolute atomic E-state index is 0.365. The summed E-state index contributed by atoms with van der Waals surface area (Å²) in [4.78, 5) is 2.58. The van der Waals surface area contributed by atoms with Crippen molar-refractivity contribution in [1.82, 2.24) is 10.2 Å². The predicted molar refractivity (Wildman–Crippen MR) is 169 cm³/mol. The summed E-state index contributed by atoms with van der Waals surface area (Å²) in [6.07, 6.45) is 17.1. The molecule has 41 heavy (non-hydrogen) atoms. The Kier molecular flexibility index (Phi) is 7.48. The molecule has 2 aromatic rings. The second-order valence-electron chi connectivity index (χ2n) is 15.5. The number of rotatable bonds is 6. The Morgan fingerprint density at radius 1 is 0.732 bits per heavy atom. The van der Waals surface area contributed by atoms with E-state index in [1.165, 1.54) is 82.6 Å². The molecule has 8 fully saturated rings. The van der Waals surface area contributed by atoms with E-state index in [4.69, 9.17) is 0 Å². The van der Waals surface area contributed by atoms with Gasteiger partial charge in [-0.15, -0.1) is 0 Å². The molecule has 0 aliphatic heterocycles. The highest BCUT2D eigenvalue weighted by molar-refractivity contribution is 9.10. The molecule has 222 valence electrons. The van der Waals surface area contributed by atoms with Gasteiger partial charge in [0.05, 0.1) is 0 Å². The number of aryl methyl sites for hydroxylation is 1. The molecule has 8 bridgehead atoms. The first-order valence-electron chi connectivity index (χ1n) is 16.4. The highest BCUT2D eigenvalue weighted by Crippen LogP contribution is 2.58. The third-order valence-corrected chi connectivity index (χ3v) is 12.7. The SMILES string of the molecule is Cc1ccc(O)c(CN(C)C23CC4CC(CC(C4)C2)C3)c1.Oc1ccc(Br)cc1CNC12CC3CC(CC(C3)C1)C2. The maximum atomic E-state index is 10.1. The lowest BCUT2D eigenvalue weighted by atomic mass is 9.52. The van der Waals surface area contributed by atoms with E-state index >= 15 is 0 Å². The lowest BCUT2D eigenvalue weighted by Gasteiger charge is -2.60. The summed E-state index contributed by atoms with van der Waals surface area (Å²) >= 11 is 3.49. The second-order valence-corrected chi connectivity index (χ2v) is 16.4. The molecule has 0 heterocycles. The summed E-state index contributed by atoms with van der Waals surface area (Å²) in [6.45, 7) is 3.78. The van der Waals surface area contributed by atoms with Crippen LogP contribution in [0.1, 0.15) is 93.7 Å². The average Bonchev–Trinajstić information content (AvgIpc) is 2.90. The zero-order chi connectivity index (χ0) is 28.4. The first-order valence-corrected chi connectivity index (χ1v) is 17.2. The molecule has 0 saturated heterocycles. The van der Waals surface area contributed by atoms with Gasteiger partial charge in [-0.2, -0.15) is 0 Å². The van der Waals surface area contributed by atoms with Gasteiger partial charge in [-0.1, -0.05) is 33.6 Å². The van der Waals surface area contributed by atoms with Gasteiger partial charge < -0.3 is 15.5 Å². The Hall–Kier alpha value is -1.56. The van der Waals surface area contributed by atoms with Crippen LogP contribution in [0.25, 0.3) is 0 Å². The van der Waals surface area contributed by atoms with Gasteiger partial charge in [0.25, 0.3) is 0 Å². The van der Waals surface area contributed by atoms with Crippen molar-refractivity contribution >= 4 is 15.9 Å². The summed E-state index contributed by atoms with van der Waals surface area (Å²) in [7, 11) is 2.29. The van der Waals surface area contributed by atoms with Crippen LogP contribution in [-0.2, 0) is 13.1 Å². The van der Waals surface area contributed by atoms with Crippen molar-refractivity contribution in [3.8, 4) is 11.5 Å². The number of halogens is 1. The molecule has 5 heteroatoms. The maximum absolute atomic E-state index is 10.1. The summed E-state index contributed by atoms with van der Waals surface area (Å²) in [5.41, 5.74) is 4.12. The third kappa shape index (κ3) is 5.72. The van der Waals surface area contributed by atoms with Crippen LogP contribution in [0.2, 0.25) is 0 Å². The van der Waals surface area contributed by atoms with Crippen LogP contribution in [-0.4, -0.2) is 33.2 Å². The fourth-order valence-electron chi connectivity index (χ4n) is 11.1. The fraction of sp³-hybridized carbons (Fsp3) is 0.667. The number of phenolic OH excluding ortho intramolecular Hbond substituents is 2. The number of hydrogen-bond donors (Lipinski definition) is 3. The van der Waals surface area contributed by atoms with E-state index in [9.17, 15) is 10.2 Å². The lowest BCUT2D eigenvalue weighted by Crippen LogP contribution is -2.58. The van der Waals surface area contributed by atoms with Gasteiger partial charge in [0.2, 0.25) is 0 Å². The summed E-state index contributed by atoms with van der Waals surface area (Å²) in [5.74, 6) is 6.68. The van der Waals surface area contributed by atoms with Gasteiger partial charge in [-0.25, -0.2) is 0 Å². The number of aromatic hydroxyl groups is 2. The molecule has 0 atom stereocenters. The molecular formula is C36H49BrN2O2. The largest absolute Gasteiger partial charge is 0.508 e. The Morgan fingerprint density at radius 2 is 1.22 bits per heavy atom. The quantitative estimate of drug-likeness (QED) is 0.304. The van der Waals surface area contributed by atoms with Gasteiger partial charge in [0, 0.05) is 39.8 Å². The molecule has 0 radical (unpaired) electrons. The predicted octanol–water partition coefficient (Wildman–Crippen LogP) is 8.31. The molecule has 8 aliphatic carbocycles. The molecule has 8 saturated carbocycles. The van der Waals surface area contributed by atoms with Crippen molar-refractivity contribution in [2.24, 2.45) is 35.5 Å². The summed E-state index contributed by atoms with van der Waals surface area (Å²) in [5, 5.41) is 24.0. The third-order valence-electron chi connectivity index (χ3n) is 12.2. The molecule has 8 aliphatic rings. The minimum Gasteiger partial charge on any atom is -0.508 e. The van der Waals surface area contributed by atoms with E-state index in [1.54, 1.807) is 6.07 Å². The van der Waals surface area contributed by atoms with Crippen LogP contribution in [0.4, 0.5) is 0 Å². The van der Waals surface area contributed by atoms with E-state index in [2.05, 4.69) is 46.2 Å². The van der Waals surface area contributed by atoms with E-state index in [0.29, 0.717) is 22.6 Å². The molecule has 2 aromatic carbocycles. The Bertz CT molecular complexity index is 1200. The molecular weight excluding hydrogens is 572 g/mol. The Balaban J connectivity index is 0.000000135. The van der Waals surface area contributed by atoms with Crippen molar-refractivity contribution in [2.75, 3.05) is 7.05 Å². The van der Waals surface area contributed by atoms with Gasteiger partial charge in [0.15, 0.2) is 0 Å². The van der Waals surface area contributed by atoms with Crippen LogP contribution >= 0.6 is 15.9 Å². The van der Waals surface area contributed by atoms with Crippen molar-refractivity contribution in [1.29, 1.82) is 0 Å². The smallest absolute Gasteiger partial charge is 0.120 e. The highest BCUT2D eigenvalue weighted by atomic mass is 79.9. The first-order chi connectivity index (χ1) is 19.7. The molecule has 0 amide bonds. The molecule has 10 rings (SSSR count). The van der Waals surface area contributed by atoms with E-state index in [1.807, 2.05) is 24.3 Å². The minimum atomic E-state index is 0.365. The van der Waals surface area contributed by atoms with Crippen LogP contribution < -0.4 is 5.32 Å². The number of hydrogen-bond acceptors (Lipinski definition) is 4. The van der Waals surface area contributed by atoms with Gasteiger partial charge in [0.1, 0.15) is 11.5 Å². The highest BCUT2D eigenvalue weighted by Gasteiger charge is 2.53. The van der Waals surface area contributed by atoms with Gasteiger partial charge in [-0.05, 0) is 151 Å². The standard InChI is InChI=1S/C19H27NO.C17H22BrNO/c1-13-3-4-18(21)17(5-13)12-20(2)19-9-14-6-15(10-19)8-16(7-14)11-19;18-15-1-2-16(20)14(6-15)10-19-17-7-11-3-12(8-17)5-13(4-11)9-17/h3-5,14-16,21H,6-12H2,1-2H3;1-2,6,11-13,19-20H,3-5,7-10H2. The van der Waals surface area contributed by atoms with Crippen molar-refractivity contribution in [3.05, 3.63) is 57.6 Å². The average molecular weight is 622 g/mol. The molecule has 0 unspecified atom stereocenters. The van der Waals surface area contributed by atoms with Crippen LogP contribution in [0.3, 0.4) is 0 Å². The van der Waals surface area contributed by atoms with Crippen LogP contribution in [0, 0.1) is 42.4 Å². The lowest BCUT2D eigenvalue weighted by molar-refractivity contribution is -0.0823. The van der Waals surface area contributed by atoms with Gasteiger partial charge >= 0.3 is 0 Å².